The molecule has 3 aromatic rings. The molecule has 0 unspecified atom stereocenters. The second-order valence-corrected chi connectivity index (χ2v) is 5.63. The first-order valence-electron chi connectivity index (χ1n) is 6.86. The van der Waals surface area contributed by atoms with Gasteiger partial charge >= 0.3 is 5.69 Å². The highest BCUT2D eigenvalue weighted by Gasteiger charge is 2.11. The summed E-state index contributed by atoms with van der Waals surface area (Å²) in [6.45, 7) is 0. The second-order valence-electron chi connectivity index (χ2n) is 4.68. The molecule has 2 aromatic heterocycles. The summed E-state index contributed by atoms with van der Waals surface area (Å²) < 4.78 is 13.4. The quantitative estimate of drug-likeness (QED) is 0.564. The molecule has 1 aromatic carbocycles. The Hall–Kier alpha value is -3.13. The van der Waals surface area contributed by atoms with Crippen LogP contribution in [0, 0.1) is 5.82 Å². The lowest BCUT2D eigenvalue weighted by molar-refractivity contribution is 0.0949. The van der Waals surface area contributed by atoms with Gasteiger partial charge in [0.1, 0.15) is 11.5 Å². The molecule has 0 aliphatic heterocycles. The first-order chi connectivity index (χ1) is 11.6. The first kappa shape index (κ1) is 15.8. The van der Waals surface area contributed by atoms with E-state index in [0.29, 0.717) is 5.69 Å². The Bertz CT molecular complexity index is 951. The van der Waals surface area contributed by atoms with E-state index in [9.17, 15) is 14.0 Å². The van der Waals surface area contributed by atoms with E-state index in [1.165, 1.54) is 35.8 Å². The van der Waals surface area contributed by atoms with Crippen LogP contribution in [0.4, 0.5) is 4.39 Å². The Morgan fingerprint density at radius 3 is 2.88 bits per heavy atom. The number of nitrogens with zero attached hydrogens (tertiary/aromatic N) is 2. The standard InChI is InChI=1S/C16H11FN4O2S/c17-11-5-2-1-4-10(11)9-18-21-15(22)13-8-12(19-16(23)20-13)14-6-3-7-24-14/h1-9H,(H,21,22)(H,19,20,23)/b18-9+. The smallest absolute Gasteiger partial charge is 0.305 e. The van der Waals surface area contributed by atoms with Crippen molar-refractivity contribution >= 4 is 23.5 Å². The summed E-state index contributed by atoms with van der Waals surface area (Å²) in [4.78, 5) is 30.7. The van der Waals surface area contributed by atoms with Crippen molar-refractivity contribution in [3.05, 3.63) is 75.4 Å². The molecule has 0 saturated heterocycles. The predicted octanol–water partition coefficient (Wildman–Crippen LogP) is 2.40. The number of amides is 1. The normalized spacial score (nSPS) is 10.9. The van der Waals surface area contributed by atoms with Crippen molar-refractivity contribution in [2.75, 3.05) is 0 Å². The topological polar surface area (TPSA) is 87.2 Å². The number of hydrogen-bond donors (Lipinski definition) is 2. The van der Waals surface area contributed by atoms with E-state index in [4.69, 9.17) is 0 Å². The Balaban J connectivity index is 1.78. The molecule has 6 nitrogen and oxygen atoms in total. The Kier molecular flexibility index (Phi) is 4.57. The zero-order valence-corrected chi connectivity index (χ0v) is 13.0. The number of aromatic nitrogens is 2. The lowest BCUT2D eigenvalue weighted by Gasteiger charge is -2.02. The molecule has 3 rings (SSSR count). The van der Waals surface area contributed by atoms with Crippen LogP contribution in [0.15, 0.2) is 57.7 Å². The van der Waals surface area contributed by atoms with Crippen molar-refractivity contribution in [3.63, 3.8) is 0 Å². The van der Waals surface area contributed by atoms with Crippen LogP contribution in [0.25, 0.3) is 10.6 Å². The molecule has 0 spiro atoms. The van der Waals surface area contributed by atoms with Gasteiger partial charge in [-0.15, -0.1) is 11.3 Å². The molecular formula is C16H11FN4O2S. The maximum absolute atomic E-state index is 13.4. The predicted molar refractivity (Wildman–Crippen MR) is 89.6 cm³/mol. The van der Waals surface area contributed by atoms with Gasteiger partial charge in [0.15, 0.2) is 0 Å². The van der Waals surface area contributed by atoms with E-state index in [0.717, 1.165) is 4.88 Å². The number of halogens is 1. The monoisotopic (exact) mass is 342 g/mol. The number of hydrazone groups is 1. The summed E-state index contributed by atoms with van der Waals surface area (Å²) in [5.74, 6) is -1.11. The van der Waals surface area contributed by atoms with Crippen LogP contribution in [-0.4, -0.2) is 22.1 Å². The lowest BCUT2D eigenvalue weighted by atomic mass is 10.2. The number of H-pyrrole nitrogens is 1. The van der Waals surface area contributed by atoms with Crippen molar-refractivity contribution in [1.82, 2.24) is 15.4 Å². The van der Waals surface area contributed by atoms with Crippen LogP contribution in [-0.2, 0) is 0 Å². The molecule has 0 atom stereocenters. The molecule has 24 heavy (non-hydrogen) atoms. The van der Waals surface area contributed by atoms with Crippen molar-refractivity contribution in [2.45, 2.75) is 0 Å². The largest absolute Gasteiger partial charge is 0.346 e. The number of benzene rings is 1. The van der Waals surface area contributed by atoms with E-state index in [2.05, 4.69) is 20.5 Å². The van der Waals surface area contributed by atoms with Gasteiger partial charge in [-0.2, -0.15) is 10.1 Å². The van der Waals surface area contributed by atoms with Crippen molar-refractivity contribution in [1.29, 1.82) is 0 Å². The van der Waals surface area contributed by atoms with Gasteiger partial charge in [-0.1, -0.05) is 24.3 Å². The number of carbonyl (C=O) groups is 1. The summed E-state index contributed by atoms with van der Waals surface area (Å²) in [6.07, 6.45) is 1.18. The highest BCUT2D eigenvalue weighted by atomic mass is 32.1. The van der Waals surface area contributed by atoms with Gasteiger partial charge in [0, 0.05) is 5.56 Å². The van der Waals surface area contributed by atoms with Gasteiger partial charge in [0.2, 0.25) is 0 Å². The molecule has 0 aliphatic carbocycles. The molecule has 120 valence electrons. The highest BCUT2D eigenvalue weighted by molar-refractivity contribution is 7.13. The average Bonchev–Trinajstić information content (AvgIpc) is 3.10. The molecule has 8 heteroatoms. The van der Waals surface area contributed by atoms with Crippen LogP contribution in [0.1, 0.15) is 16.1 Å². The Labute approximate surface area is 139 Å². The summed E-state index contributed by atoms with van der Waals surface area (Å²) >= 11 is 1.42. The molecule has 0 fully saturated rings. The fraction of sp³-hybridized carbons (Fsp3) is 0. The SMILES string of the molecule is O=C(N/N=C/c1ccccc1F)c1cc(-c2cccs2)[nH]c(=O)n1. The van der Waals surface area contributed by atoms with E-state index in [1.54, 1.807) is 12.1 Å². The molecule has 0 radical (unpaired) electrons. The third-order valence-electron chi connectivity index (χ3n) is 3.04. The minimum atomic E-state index is -0.661. The Morgan fingerprint density at radius 1 is 1.29 bits per heavy atom. The maximum atomic E-state index is 13.4. The van der Waals surface area contributed by atoms with E-state index in [-0.39, 0.29) is 11.3 Å². The number of rotatable bonds is 4. The molecule has 2 N–H and O–H groups in total. The molecule has 1 amide bonds. The first-order valence-corrected chi connectivity index (χ1v) is 7.74. The highest BCUT2D eigenvalue weighted by Crippen LogP contribution is 2.21. The number of nitrogens with one attached hydrogen (secondary N) is 2. The van der Waals surface area contributed by atoms with Crippen molar-refractivity contribution < 1.29 is 9.18 Å². The van der Waals surface area contributed by atoms with Gasteiger partial charge in [0.25, 0.3) is 5.91 Å². The summed E-state index contributed by atoms with van der Waals surface area (Å²) in [7, 11) is 0. The minimum absolute atomic E-state index is 0.0761. The molecule has 0 aliphatic rings. The third kappa shape index (κ3) is 3.61. The summed E-state index contributed by atoms with van der Waals surface area (Å²) in [6, 6.07) is 11.1. The fourth-order valence-corrected chi connectivity index (χ4v) is 2.63. The van der Waals surface area contributed by atoms with Crippen LogP contribution in [0.2, 0.25) is 0 Å². The molecule has 2 heterocycles. The van der Waals surface area contributed by atoms with Gasteiger partial charge in [0.05, 0.1) is 16.8 Å². The lowest BCUT2D eigenvalue weighted by Crippen LogP contribution is -2.24. The fourth-order valence-electron chi connectivity index (χ4n) is 1.94. The van der Waals surface area contributed by atoms with Crippen LogP contribution < -0.4 is 11.1 Å². The van der Waals surface area contributed by atoms with Gasteiger partial charge in [-0.05, 0) is 23.6 Å². The number of thiophene rings is 1. The Morgan fingerprint density at radius 2 is 2.12 bits per heavy atom. The minimum Gasteiger partial charge on any atom is -0.305 e. The number of aromatic amines is 1. The van der Waals surface area contributed by atoms with Crippen LogP contribution >= 0.6 is 11.3 Å². The zero-order chi connectivity index (χ0) is 16.9. The van der Waals surface area contributed by atoms with E-state index in [1.807, 2.05) is 17.5 Å². The maximum Gasteiger partial charge on any atom is 0.346 e. The molecule has 0 saturated carbocycles. The van der Waals surface area contributed by atoms with E-state index >= 15 is 0 Å². The number of hydrogen-bond acceptors (Lipinski definition) is 5. The number of carbonyl (C=O) groups excluding carboxylic acids is 1. The van der Waals surface area contributed by atoms with Crippen molar-refractivity contribution in [3.8, 4) is 10.6 Å². The molecule has 0 bridgehead atoms. The van der Waals surface area contributed by atoms with Crippen LogP contribution in [0.5, 0.6) is 0 Å². The zero-order valence-electron chi connectivity index (χ0n) is 12.2. The van der Waals surface area contributed by atoms with Crippen LogP contribution in [0.3, 0.4) is 0 Å². The van der Waals surface area contributed by atoms with Gasteiger partial charge in [-0.3, -0.25) is 4.79 Å². The molecular weight excluding hydrogens is 331 g/mol. The second kappa shape index (κ2) is 6.97. The third-order valence-corrected chi connectivity index (χ3v) is 3.94. The summed E-state index contributed by atoms with van der Waals surface area (Å²) in [5, 5.41) is 5.54. The summed E-state index contributed by atoms with van der Waals surface area (Å²) in [5.41, 5.74) is 2.24. The average molecular weight is 342 g/mol. The van der Waals surface area contributed by atoms with Gasteiger partial charge < -0.3 is 4.98 Å². The van der Waals surface area contributed by atoms with Crippen molar-refractivity contribution in [2.24, 2.45) is 5.10 Å². The van der Waals surface area contributed by atoms with E-state index < -0.39 is 17.4 Å². The van der Waals surface area contributed by atoms with Gasteiger partial charge in [-0.25, -0.2) is 14.6 Å².